The van der Waals surface area contributed by atoms with Crippen molar-refractivity contribution in [1.82, 2.24) is 10.4 Å². The number of amides is 1. The highest BCUT2D eigenvalue weighted by molar-refractivity contribution is 7.22. The number of nitrogens with one attached hydrogen (secondary N) is 2. The molecule has 0 atom stereocenters. The average Bonchev–Trinajstić information content (AvgIpc) is 2.94. The first kappa shape index (κ1) is 14.3. The fraction of sp³-hybridized carbons (Fsp3) is 0.125. The molecule has 0 radical (unpaired) electrons. The van der Waals surface area contributed by atoms with Crippen LogP contribution in [0.4, 0.5) is 5.13 Å². The number of nitrogens with zero attached hydrogens (tertiary/aromatic N) is 1. The van der Waals surface area contributed by atoms with Crippen molar-refractivity contribution >= 4 is 32.6 Å². The zero-order valence-electron chi connectivity index (χ0n) is 12.2. The van der Waals surface area contributed by atoms with Crippen molar-refractivity contribution in [1.29, 1.82) is 0 Å². The number of anilines is 1. The number of rotatable bonds is 4. The van der Waals surface area contributed by atoms with E-state index in [1.165, 1.54) is 16.9 Å². The van der Waals surface area contributed by atoms with Crippen molar-refractivity contribution in [3.8, 4) is 5.75 Å². The molecule has 0 aliphatic rings. The molecule has 0 saturated heterocycles. The fourth-order valence-electron chi connectivity index (χ4n) is 2.03. The molecule has 1 aromatic heterocycles. The predicted octanol–water partition coefficient (Wildman–Crippen LogP) is 3.37. The summed E-state index contributed by atoms with van der Waals surface area (Å²) in [6.07, 6.45) is 0. The number of thiazole rings is 1. The van der Waals surface area contributed by atoms with Gasteiger partial charge in [-0.25, -0.2) is 4.98 Å². The molecule has 0 fully saturated rings. The smallest absolute Gasteiger partial charge is 0.269 e. The molecule has 2 N–H and O–H groups in total. The van der Waals surface area contributed by atoms with Crippen molar-refractivity contribution in [2.24, 2.45) is 0 Å². The first-order chi connectivity index (χ1) is 10.7. The van der Waals surface area contributed by atoms with E-state index < -0.39 is 0 Å². The van der Waals surface area contributed by atoms with E-state index in [0.717, 1.165) is 10.2 Å². The largest absolute Gasteiger partial charge is 0.497 e. The lowest BCUT2D eigenvalue weighted by Crippen LogP contribution is -2.29. The summed E-state index contributed by atoms with van der Waals surface area (Å²) in [5, 5.41) is 0.650. The van der Waals surface area contributed by atoms with Gasteiger partial charge in [0, 0.05) is 5.56 Å². The maximum atomic E-state index is 12.1. The van der Waals surface area contributed by atoms with Crippen LogP contribution in [0.1, 0.15) is 15.9 Å². The summed E-state index contributed by atoms with van der Waals surface area (Å²) >= 11 is 1.49. The van der Waals surface area contributed by atoms with Gasteiger partial charge >= 0.3 is 0 Å². The molecule has 2 aromatic carbocycles. The Morgan fingerprint density at radius 2 is 2.09 bits per heavy atom. The topological polar surface area (TPSA) is 63.2 Å². The maximum absolute atomic E-state index is 12.1. The lowest BCUT2D eigenvalue weighted by Gasteiger charge is -2.06. The highest BCUT2D eigenvalue weighted by Crippen LogP contribution is 2.26. The second-order valence-electron chi connectivity index (χ2n) is 4.80. The van der Waals surface area contributed by atoms with Crippen molar-refractivity contribution in [2.75, 3.05) is 12.5 Å². The molecule has 0 spiro atoms. The van der Waals surface area contributed by atoms with Gasteiger partial charge in [-0.05, 0) is 42.8 Å². The molecule has 0 aliphatic carbocycles. The SMILES string of the molecule is COc1cccc(C(=O)NNc2nc3ccc(C)cc3s2)c1. The normalized spacial score (nSPS) is 10.5. The van der Waals surface area contributed by atoms with Crippen LogP contribution >= 0.6 is 11.3 Å². The van der Waals surface area contributed by atoms with Gasteiger partial charge in [0.1, 0.15) is 5.75 Å². The van der Waals surface area contributed by atoms with Crippen LogP contribution in [0.5, 0.6) is 5.75 Å². The van der Waals surface area contributed by atoms with Crippen LogP contribution in [-0.4, -0.2) is 18.0 Å². The maximum Gasteiger partial charge on any atom is 0.269 e. The summed E-state index contributed by atoms with van der Waals surface area (Å²) in [4.78, 5) is 16.5. The van der Waals surface area contributed by atoms with Gasteiger partial charge < -0.3 is 4.74 Å². The van der Waals surface area contributed by atoms with Crippen molar-refractivity contribution < 1.29 is 9.53 Å². The van der Waals surface area contributed by atoms with E-state index in [4.69, 9.17) is 4.74 Å². The van der Waals surface area contributed by atoms with Crippen LogP contribution in [-0.2, 0) is 0 Å². The number of ether oxygens (including phenoxy) is 1. The van der Waals surface area contributed by atoms with Crippen LogP contribution in [0.2, 0.25) is 0 Å². The van der Waals surface area contributed by atoms with Gasteiger partial charge in [0.15, 0.2) is 0 Å². The van der Waals surface area contributed by atoms with E-state index in [1.807, 2.05) is 19.1 Å². The zero-order valence-corrected chi connectivity index (χ0v) is 13.0. The summed E-state index contributed by atoms with van der Waals surface area (Å²) < 4.78 is 6.19. The highest BCUT2D eigenvalue weighted by Gasteiger charge is 2.08. The van der Waals surface area contributed by atoms with Gasteiger partial charge in [-0.15, -0.1) is 0 Å². The zero-order chi connectivity index (χ0) is 15.5. The third kappa shape index (κ3) is 3.01. The molecule has 0 unspecified atom stereocenters. The Morgan fingerprint density at radius 1 is 1.23 bits per heavy atom. The van der Waals surface area contributed by atoms with Gasteiger partial charge in [-0.1, -0.05) is 23.5 Å². The standard InChI is InChI=1S/C16H15N3O2S/c1-10-6-7-13-14(8-10)22-16(17-13)19-18-15(20)11-4-3-5-12(9-11)21-2/h3-9H,1-2H3,(H,17,19)(H,18,20). The number of methoxy groups -OCH3 is 1. The number of hydrogen-bond donors (Lipinski definition) is 2. The van der Waals surface area contributed by atoms with Gasteiger partial charge in [0.2, 0.25) is 5.13 Å². The summed E-state index contributed by atoms with van der Waals surface area (Å²) in [7, 11) is 1.57. The molecule has 6 heteroatoms. The Kier molecular flexibility index (Phi) is 3.93. The van der Waals surface area contributed by atoms with Crippen molar-refractivity contribution in [2.45, 2.75) is 6.92 Å². The third-order valence-electron chi connectivity index (χ3n) is 3.16. The molecule has 3 aromatic rings. The van der Waals surface area contributed by atoms with E-state index in [2.05, 4.69) is 21.9 Å². The highest BCUT2D eigenvalue weighted by atomic mass is 32.1. The molecular formula is C16H15N3O2S. The number of carbonyl (C=O) groups excluding carboxylic acids is 1. The Labute approximate surface area is 131 Å². The summed E-state index contributed by atoms with van der Waals surface area (Å²) in [5.41, 5.74) is 8.11. The Bertz CT molecular complexity index is 829. The Hall–Kier alpha value is -2.60. The Balaban J connectivity index is 1.71. The minimum absolute atomic E-state index is 0.241. The molecule has 22 heavy (non-hydrogen) atoms. The fourth-order valence-corrected chi connectivity index (χ4v) is 2.95. The number of hydrogen-bond acceptors (Lipinski definition) is 5. The number of aromatic nitrogens is 1. The molecule has 3 rings (SSSR count). The first-order valence-corrected chi connectivity index (χ1v) is 7.55. The monoisotopic (exact) mass is 313 g/mol. The second kappa shape index (κ2) is 6.03. The van der Waals surface area contributed by atoms with E-state index in [-0.39, 0.29) is 5.91 Å². The third-order valence-corrected chi connectivity index (χ3v) is 4.09. The van der Waals surface area contributed by atoms with Crippen LogP contribution in [0.15, 0.2) is 42.5 Å². The molecule has 0 saturated carbocycles. The van der Waals surface area contributed by atoms with E-state index in [1.54, 1.807) is 31.4 Å². The van der Waals surface area contributed by atoms with Crippen molar-refractivity contribution in [3.63, 3.8) is 0 Å². The first-order valence-electron chi connectivity index (χ1n) is 6.73. The Morgan fingerprint density at radius 3 is 2.91 bits per heavy atom. The van der Waals surface area contributed by atoms with Gasteiger partial charge in [0.25, 0.3) is 5.91 Å². The van der Waals surface area contributed by atoms with Crippen molar-refractivity contribution in [3.05, 3.63) is 53.6 Å². The van der Waals surface area contributed by atoms with E-state index in [9.17, 15) is 4.79 Å². The number of aryl methyl sites for hydroxylation is 1. The quantitative estimate of drug-likeness (QED) is 0.725. The van der Waals surface area contributed by atoms with E-state index >= 15 is 0 Å². The number of fused-ring (bicyclic) bond motifs is 1. The molecule has 0 bridgehead atoms. The summed E-state index contributed by atoms with van der Waals surface area (Å²) in [6, 6.07) is 13.0. The predicted molar refractivity (Wildman–Crippen MR) is 88.4 cm³/mol. The van der Waals surface area contributed by atoms with Gasteiger partial charge in [-0.2, -0.15) is 0 Å². The van der Waals surface area contributed by atoms with Gasteiger partial charge in [0.05, 0.1) is 17.3 Å². The average molecular weight is 313 g/mol. The molecule has 1 amide bonds. The van der Waals surface area contributed by atoms with Crippen LogP contribution in [0.3, 0.4) is 0 Å². The molecule has 5 nitrogen and oxygen atoms in total. The van der Waals surface area contributed by atoms with E-state index in [0.29, 0.717) is 16.4 Å². The number of hydrazine groups is 1. The molecular weight excluding hydrogens is 298 g/mol. The minimum atomic E-state index is -0.241. The minimum Gasteiger partial charge on any atom is -0.497 e. The molecule has 112 valence electrons. The number of carbonyl (C=O) groups is 1. The second-order valence-corrected chi connectivity index (χ2v) is 5.83. The van der Waals surface area contributed by atoms with Crippen LogP contribution < -0.4 is 15.6 Å². The summed E-state index contributed by atoms with van der Waals surface area (Å²) in [6.45, 7) is 2.04. The van der Waals surface area contributed by atoms with Crippen LogP contribution in [0, 0.1) is 6.92 Å². The molecule has 1 heterocycles. The van der Waals surface area contributed by atoms with Gasteiger partial charge in [-0.3, -0.25) is 15.6 Å². The lowest BCUT2D eigenvalue weighted by molar-refractivity contribution is 0.0962. The van der Waals surface area contributed by atoms with Crippen LogP contribution in [0.25, 0.3) is 10.2 Å². The number of benzene rings is 2. The molecule has 0 aliphatic heterocycles. The lowest BCUT2D eigenvalue weighted by atomic mass is 10.2. The summed E-state index contributed by atoms with van der Waals surface area (Å²) in [5.74, 6) is 0.400.